The molecule has 0 aliphatic rings. The van der Waals surface area contributed by atoms with Crippen LogP contribution in [0.25, 0.3) is 0 Å². The van der Waals surface area contributed by atoms with Crippen LogP contribution in [-0.2, 0) is 22.3 Å². The van der Waals surface area contributed by atoms with Crippen molar-refractivity contribution in [2.45, 2.75) is 0 Å². The van der Waals surface area contributed by atoms with Gasteiger partial charge in [-0.2, -0.15) is 8.62 Å². The van der Waals surface area contributed by atoms with Crippen LogP contribution >= 0.6 is 23.5 Å². The first-order valence-corrected chi connectivity index (χ1v) is 6.83. The summed E-state index contributed by atoms with van der Waals surface area (Å²) in [7, 11) is -16.2. The van der Waals surface area contributed by atoms with E-state index < -0.39 is 23.5 Å². The molecule has 0 bridgehead atoms. The monoisotopic (exact) mass is 378 g/mol. The van der Waals surface area contributed by atoms with Gasteiger partial charge in [-0.25, -0.2) is 13.7 Å². The maximum absolute atomic E-state index is 10.4. The van der Waals surface area contributed by atoms with Gasteiger partial charge in [0.1, 0.15) is 0 Å². The van der Waals surface area contributed by atoms with E-state index in [2.05, 4.69) is 8.62 Å². The van der Waals surface area contributed by atoms with Crippen molar-refractivity contribution in [3.63, 3.8) is 0 Å². The molecule has 0 unspecified atom stereocenters. The van der Waals surface area contributed by atoms with E-state index in [9.17, 15) is 13.7 Å². The normalized spacial score (nSPS) is 11.8. The topological polar surface area (TPSA) is 171 Å². The van der Waals surface area contributed by atoms with Gasteiger partial charge in [-0.1, -0.05) is 0 Å². The first kappa shape index (κ1) is 29.3. The van der Waals surface area contributed by atoms with Gasteiger partial charge in [-0.15, -0.1) is 0 Å². The summed E-state index contributed by atoms with van der Waals surface area (Å²) in [4.78, 5) is 40.2. The smallest absolute Gasteiger partial charge is 1.00 e. The Bertz CT molecular complexity index is 295. The van der Waals surface area contributed by atoms with Gasteiger partial charge in [-0.3, -0.25) is 0 Å². The van der Waals surface area contributed by atoms with Crippen molar-refractivity contribution in [2.75, 3.05) is 0 Å². The molecular formula is H8K3O10P3. The van der Waals surface area contributed by atoms with Crippen LogP contribution in [0.2, 0.25) is 0 Å². The molecule has 0 rings (SSSR count). The Kier molecular flexibility index (Phi) is 21.7. The molecule has 16 heteroatoms. The van der Waals surface area contributed by atoms with E-state index in [1.807, 2.05) is 0 Å². The third kappa shape index (κ3) is 21.6. The van der Waals surface area contributed by atoms with E-state index in [0.29, 0.717) is 0 Å². The fraction of sp³-hybridized carbons (Fsp3) is 0. The van der Waals surface area contributed by atoms with Crippen LogP contribution in [-0.4, -0.2) is 24.5 Å². The molecule has 0 aromatic heterocycles. The van der Waals surface area contributed by atoms with Crippen LogP contribution in [0, 0.1) is 0 Å². The largest absolute Gasteiger partial charge is 1.00 e. The molecule has 0 amide bonds. The first-order chi connectivity index (χ1) is 5.41. The van der Waals surface area contributed by atoms with Crippen LogP contribution in [0.4, 0.5) is 0 Å². The van der Waals surface area contributed by atoms with Crippen molar-refractivity contribution < 1.29 is 205 Å². The van der Waals surface area contributed by atoms with Gasteiger partial charge < -0.3 is 28.7 Å². The average Bonchev–Trinajstić information content (AvgIpc) is 1.43. The van der Waals surface area contributed by atoms with Gasteiger partial charge in [-0.05, 0) is 0 Å². The number of hydrogen-bond acceptors (Lipinski definition) is 5. The minimum absolute atomic E-state index is 0. The van der Waals surface area contributed by atoms with Gasteiger partial charge in [0.25, 0.3) is 0 Å². The average molecular weight is 378 g/mol. The summed E-state index contributed by atoms with van der Waals surface area (Å²) in [6, 6.07) is 0. The third-order valence-electron chi connectivity index (χ3n) is 0.419. The molecule has 16 heavy (non-hydrogen) atoms. The molecule has 0 aromatic carbocycles. The van der Waals surface area contributed by atoms with Gasteiger partial charge in [0.05, 0.1) is 0 Å². The van der Waals surface area contributed by atoms with Crippen molar-refractivity contribution in [3.8, 4) is 0 Å². The molecule has 0 radical (unpaired) electrons. The Balaban J connectivity index is -0.0000000480. The fourth-order valence-electron chi connectivity index (χ4n) is 0.284. The molecule has 0 spiro atoms. The van der Waals surface area contributed by atoms with Crippen molar-refractivity contribution in [3.05, 3.63) is 0 Å². The Hall–Kier alpha value is 5.32. The van der Waals surface area contributed by atoms with Gasteiger partial charge in [0.2, 0.25) is 0 Å². The standard InChI is InChI=1S/3K.H5O10P3.3H/c;;;1-11(2,3)9-13(7,8)10-12(4,5)6;;;/h;;;(H,7,8)(H2,1,2,3)(H2,4,5,6);;;/q3*+1;;3*-1. The predicted molar refractivity (Wildman–Crippen MR) is 39.4 cm³/mol. The quantitative estimate of drug-likeness (QED) is 0.234. The molecule has 0 saturated heterocycles. The summed E-state index contributed by atoms with van der Waals surface area (Å²) < 4.78 is 36.4. The summed E-state index contributed by atoms with van der Waals surface area (Å²) in [5.41, 5.74) is 0. The maximum atomic E-state index is 10.4. The van der Waals surface area contributed by atoms with Crippen molar-refractivity contribution >= 4 is 23.5 Å². The number of rotatable bonds is 4. The SMILES string of the molecule is O=P(O)(O)OP(=O)(O)OP(=O)(O)O.[H-].[H-].[H-].[K+].[K+].[K+]. The van der Waals surface area contributed by atoms with E-state index in [1.165, 1.54) is 0 Å². The summed E-state index contributed by atoms with van der Waals surface area (Å²) in [6.07, 6.45) is 0. The Morgan fingerprint density at radius 2 is 0.875 bits per heavy atom. The molecule has 0 aliphatic heterocycles. The van der Waals surface area contributed by atoms with Crippen molar-refractivity contribution in [1.29, 1.82) is 0 Å². The Labute approximate surface area is 222 Å². The second-order valence-corrected chi connectivity index (χ2v) is 5.82. The Morgan fingerprint density at radius 1 is 0.688 bits per heavy atom. The van der Waals surface area contributed by atoms with Crippen LogP contribution < -0.4 is 154 Å². The molecule has 0 heterocycles. The molecule has 86 valence electrons. The van der Waals surface area contributed by atoms with Crippen molar-refractivity contribution in [2.24, 2.45) is 0 Å². The van der Waals surface area contributed by atoms with E-state index in [4.69, 9.17) is 24.5 Å². The van der Waals surface area contributed by atoms with Gasteiger partial charge in [0, 0.05) is 0 Å². The van der Waals surface area contributed by atoms with Crippen LogP contribution in [0.5, 0.6) is 0 Å². The minimum Gasteiger partial charge on any atom is -1.00 e. The Morgan fingerprint density at radius 3 is 1.00 bits per heavy atom. The van der Waals surface area contributed by atoms with Crippen LogP contribution in [0.3, 0.4) is 0 Å². The summed E-state index contributed by atoms with van der Waals surface area (Å²) in [5, 5.41) is 0. The number of hydrogen-bond donors (Lipinski definition) is 5. The maximum Gasteiger partial charge on any atom is 1.00 e. The summed E-state index contributed by atoms with van der Waals surface area (Å²) >= 11 is 0. The molecule has 0 aliphatic carbocycles. The van der Waals surface area contributed by atoms with E-state index in [1.54, 1.807) is 0 Å². The van der Waals surface area contributed by atoms with Crippen LogP contribution in [0.1, 0.15) is 4.28 Å². The molecule has 0 atom stereocenters. The summed E-state index contributed by atoms with van der Waals surface area (Å²) in [5.74, 6) is 0. The van der Waals surface area contributed by atoms with Gasteiger partial charge >= 0.3 is 178 Å². The predicted octanol–water partition coefficient (Wildman–Crippen LogP) is -9.35. The molecule has 5 N–H and O–H groups in total. The van der Waals surface area contributed by atoms with E-state index >= 15 is 0 Å². The second-order valence-electron chi connectivity index (χ2n) is 1.61. The molecule has 0 saturated carbocycles. The zero-order valence-electron chi connectivity index (χ0n) is 11.6. The first-order valence-electron chi connectivity index (χ1n) is 2.28. The zero-order chi connectivity index (χ0) is 10.9. The van der Waals surface area contributed by atoms with E-state index in [-0.39, 0.29) is 158 Å². The van der Waals surface area contributed by atoms with Crippen LogP contribution in [0.15, 0.2) is 0 Å². The minimum atomic E-state index is -5.46. The third-order valence-corrected chi connectivity index (χ3v) is 3.77. The molecule has 10 nitrogen and oxygen atoms in total. The fourth-order valence-corrected chi connectivity index (χ4v) is 2.82. The van der Waals surface area contributed by atoms with Gasteiger partial charge in [0.15, 0.2) is 0 Å². The molecular weight excluding hydrogens is 370 g/mol. The van der Waals surface area contributed by atoms with Crippen molar-refractivity contribution in [1.82, 2.24) is 0 Å². The number of phosphoric acid groups is 3. The molecule has 0 aromatic rings. The summed E-state index contributed by atoms with van der Waals surface area (Å²) in [6.45, 7) is 0. The zero-order valence-corrected chi connectivity index (χ0v) is 20.7. The molecule has 0 fully saturated rings. The second kappa shape index (κ2) is 11.8. The van der Waals surface area contributed by atoms with E-state index in [0.717, 1.165) is 0 Å².